The van der Waals surface area contributed by atoms with Gasteiger partial charge in [-0.15, -0.1) is 0 Å². The van der Waals surface area contributed by atoms with Crippen LogP contribution in [0.25, 0.3) is 4.85 Å². The lowest BCUT2D eigenvalue weighted by Crippen LogP contribution is -1.94. The quantitative estimate of drug-likeness (QED) is 0.633. The molecule has 0 heterocycles. The fourth-order valence-corrected chi connectivity index (χ4v) is 1.48. The molecule has 1 aromatic carbocycles. The van der Waals surface area contributed by atoms with Crippen molar-refractivity contribution in [2.45, 2.75) is 33.2 Å². The Morgan fingerprint density at radius 2 is 1.71 bits per heavy atom. The summed E-state index contributed by atoms with van der Waals surface area (Å²) in [6.07, 6.45) is 1.12. The van der Waals surface area contributed by atoms with Gasteiger partial charge in [-0.25, -0.2) is 6.57 Å². The van der Waals surface area contributed by atoms with Gasteiger partial charge in [-0.2, -0.15) is 0 Å². The molecule has 1 unspecified atom stereocenters. The van der Waals surface area contributed by atoms with Gasteiger partial charge in [0.1, 0.15) is 0 Å². The molecule has 0 saturated carbocycles. The Morgan fingerprint density at radius 1 is 1.14 bits per heavy atom. The molecule has 0 bridgehead atoms. The Hall–Kier alpha value is -1.29. The average Bonchev–Trinajstić information content (AvgIpc) is 2.17. The summed E-state index contributed by atoms with van der Waals surface area (Å²) in [5, 5.41) is 0. The second-order valence-corrected chi connectivity index (χ2v) is 4.14. The maximum absolute atomic E-state index is 6.94. The van der Waals surface area contributed by atoms with Crippen LogP contribution in [0.4, 0.5) is 0 Å². The van der Waals surface area contributed by atoms with E-state index in [1.165, 1.54) is 5.56 Å². The Kier molecular flexibility index (Phi) is 3.71. The zero-order chi connectivity index (χ0) is 10.6. The highest BCUT2D eigenvalue weighted by molar-refractivity contribution is 5.26. The summed E-state index contributed by atoms with van der Waals surface area (Å²) in [6.45, 7) is 13.3. The lowest BCUT2D eigenvalue weighted by molar-refractivity contribution is 0.647. The molecule has 0 fully saturated rings. The minimum atomic E-state index is -0.0110. The molecule has 0 aliphatic rings. The lowest BCUT2D eigenvalue weighted by atomic mass is 10.0. The van der Waals surface area contributed by atoms with Crippen LogP contribution in [0, 0.1) is 12.5 Å². The second kappa shape index (κ2) is 4.81. The molecule has 1 heteroatoms. The first-order valence-corrected chi connectivity index (χ1v) is 5.09. The first kappa shape index (κ1) is 10.8. The molecule has 0 N–H and O–H groups in total. The number of hydrogen-bond acceptors (Lipinski definition) is 0. The summed E-state index contributed by atoms with van der Waals surface area (Å²) in [7, 11) is 0. The minimum absolute atomic E-state index is 0.0110. The zero-order valence-electron chi connectivity index (χ0n) is 9.12. The van der Waals surface area contributed by atoms with Crippen LogP contribution in [0.15, 0.2) is 24.3 Å². The van der Waals surface area contributed by atoms with E-state index in [0.29, 0.717) is 5.92 Å². The van der Waals surface area contributed by atoms with Gasteiger partial charge in [-0.3, -0.25) is 0 Å². The summed E-state index contributed by atoms with van der Waals surface area (Å²) in [5.74, 6) is 0.694. The molecule has 0 amide bonds. The van der Waals surface area contributed by atoms with E-state index in [4.69, 9.17) is 6.57 Å². The fraction of sp³-hybridized carbons (Fsp3) is 0.462. The van der Waals surface area contributed by atoms with Crippen molar-refractivity contribution >= 4 is 0 Å². The van der Waals surface area contributed by atoms with Crippen LogP contribution in [0.2, 0.25) is 0 Å². The number of hydrogen-bond donors (Lipinski definition) is 0. The molecule has 1 rings (SSSR count). The van der Waals surface area contributed by atoms with E-state index < -0.39 is 0 Å². The maximum Gasteiger partial charge on any atom is 0.245 e. The van der Waals surface area contributed by atoms with Crippen molar-refractivity contribution in [3.05, 3.63) is 46.8 Å². The average molecular weight is 187 g/mol. The van der Waals surface area contributed by atoms with Crippen LogP contribution < -0.4 is 0 Å². The van der Waals surface area contributed by atoms with Crippen molar-refractivity contribution < 1.29 is 0 Å². The molecule has 0 aromatic heterocycles. The van der Waals surface area contributed by atoms with Crippen molar-refractivity contribution in [2.75, 3.05) is 0 Å². The highest BCUT2D eigenvalue weighted by Gasteiger charge is 2.07. The standard InChI is InChI=1S/C13H17N/c1-10(2)9-12-5-7-13(8-6-12)11(3)14-4/h5-8,10-11H,9H2,1-3H3. The van der Waals surface area contributed by atoms with E-state index in [-0.39, 0.29) is 6.04 Å². The molecular weight excluding hydrogens is 170 g/mol. The van der Waals surface area contributed by atoms with Gasteiger partial charge in [0.2, 0.25) is 6.04 Å². The van der Waals surface area contributed by atoms with Crippen LogP contribution in [-0.2, 0) is 6.42 Å². The summed E-state index contributed by atoms with van der Waals surface area (Å²) in [6, 6.07) is 8.40. The van der Waals surface area contributed by atoms with E-state index in [9.17, 15) is 0 Å². The molecule has 1 aromatic rings. The van der Waals surface area contributed by atoms with Gasteiger partial charge in [-0.05, 0) is 17.9 Å². The Morgan fingerprint density at radius 3 is 2.14 bits per heavy atom. The van der Waals surface area contributed by atoms with E-state index >= 15 is 0 Å². The third-order valence-corrected chi connectivity index (χ3v) is 2.30. The Bertz CT molecular complexity index is 316. The molecule has 1 atom stereocenters. The van der Waals surface area contributed by atoms with E-state index in [1.807, 2.05) is 6.92 Å². The topological polar surface area (TPSA) is 4.36 Å². The first-order chi connectivity index (χ1) is 6.63. The zero-order valence-corrected chi connectivity index (χ0v) is 9.12. The van der Waals surface area contributed by atoms with E-state index in [0.717, 1.165) is 12.0 Å². The normalized spacial score (nSPS) is 12.5. The summed E-state index contributed by atoms with van der Waals surface area (Å²) < 4.78 is 0. The highest BCUT2D eigenvalue weighted by Crippen LogP contribution is 2.18. The molecule has 14 heavy (non-hydrogen) atoms. The van der Waals surface area contributed by atoms with Crippen LogP contribution in [0.5, 0.6) is 0 Å². The SMILES string of the molecule is [C-]#[N+]C(C)c1ccc(CC(C)C)cc1. The molecule has 0 radical (unpaired) electrons. The van der Waals surface area contributed by atoms with Crippen LogP contribution >= 0.6 is 0 Å². The Labute approximate surface area is 86.6 Å². The monoisotopic (exact) mass is 187 g/mol. The predicted molar refractivity (Wildman–Crippen MR) is 60.0 cm³/mol. The lowest BCUT2D eigenvalue weighted by Gasteiger charge is -2.05. The van der Waals surface area contributed by atoms with Gasteiger partial charge < -0.3 is 4.85 Å². The van der Waals surface area contributed by atoms with Crippen molar-refractivity contribution in [3.63, 3.8) is 0 Å². The number of rotatable bonds is 3. The summed E-state index contributed by atoms with van der Waals surface area (Å²) in [5.41, 5.74) is 2.48. The van der Waals surface area contributed by atoms with Gasteiger partial charge >= 0.3 is 0 Å². The van der Waals surface area contributed by atoms with Gasteiger partial charge in [0.05, 0.1) is 0 Å². The van der Waals surface area contributed by atoms with Crippen molar-refractivity contribution in [1.82, 2.24) is 0 Å². The third kappa shape index (κ3) is 2.88. The second-order valence-electron chi connectivity index (χ2n) is 4.14. The van der Waals surface area contributed by atoms with Crippen LogP contribution in [0.1, 0.15) is 37.9 Å². The van der Waals surface area contributed by atoms with Crippen molar-refractivity contribution in [2.24, 2.45) is 5.92 Å². The van der Waals surface area contributed by atoms with E-state index in [1.54, 1.807) is 0 Å². The number of benzene rings is 1. The molecule has 74 valence electrons. The third-order valence-electron chi connectivity index (χ3n) is 2.30. The Balaban J connectivity index is 2.74. The first-order valence-electron chi connectivity index (χ1n) is 5.09. The summed E-state index contributed by atoms with van der Waals surface area (Å²) >= 11 is 0. The molecule has 0 spiro atoms. The van der Waals surface area contributed by atoms with Gasteiger partial charge in [0.15, 0.2) is 0 Å². The summed E-state index contributed by atoms with van der Waals surface area (Å²) in [4.78, 5) is 3.50. The molecule has 1 nitrogen and oxygen atoms in total. The van der Waals surface area contributed by atoms with E-state index in [2.05, 4.69) is 43.0 Å². The van der Waals surface area contributed by atoms with Gasteiger partial charge in [0.25, 0.3) is 0 Å². The van der Waals surface area contributed by atoms with Crippen LogP contribution in [-0.4, -0.2) is 0 Å². The molecular formula is C13H17N. The van der Waals surface area contributed by atoms with Gasteiger partial charge in [-0.1, -0.05) is 38.1 Å². The van der Waals surface area contributed by atoms with Gasteiger partial charge in [0, 0.05) is 12.5 Å². The molecule has 0 aliphatic heterocycles. The molecule has 0 aliphatic carbocycles. The fourth-order valence-electron chi connectivity index (χ4n) is 1.48. The smallest absolute Gasteiger partial charge is 0.245 e. The minimum Gasteiger partial charge on any atom is -0.309 e. The maximum atomic E-state index is 6.94. The van der Waals surface area contributed by atoms with Crippen molar-refractivity contribution in [1.29, 1.82) is 0 Å². The predicted octanol–water partition coefficient (Wildman–Crippen LogP) is 3.87. The van der Waals surface area contributed by atoms with Crippen LogP contribution in [0.3, 0.4) is 0 Å². The van der Waals surface area contributed by atoms with Crippen molar-refractivity contribution in [3.8, 4) is 0 Å². The number of nitrogens with zero attached hydrogens (tertiary/aromatic N) is 1. The highest BCUT2D eigenvalue weighted by atomic mass is 14.7. The largest absolute Gasteiger partial charge is 0.309 e. The molecule has 0 saturated heterocycles.